The zero-order valence-electron chi connectivity index (χ0n) is 18.4. The fourth-order valence-corrected chi connectivity index (χ4v) is 3.19. The van der Waals surface area contributed by atoms with Gasteiger partial charge in [-0.2, -0.15) is 13.2 Å². The van der Waals surface area contributed by atoms with E-state index in [4.69, 9.17) is 13.9 Å². The first-order valence-electron chi connectivity index (χ1n) is 9.94. The van der Waals surface area contributed by atoms with Crippen molar-refractivity contribution in [2.24, 2.45) is 0 Å². The van der Waals surface area contributed by atoms with Crippen LogP contribution in [-0.4, -0.2) is 26.0 Å². The van der Waals surface area contributed by atoms with E-state index in [0.29, 0.717) is 11.3 Å². The summed E-state index contributed by atoms with van der Waals surface area (Å²) in [5.41, 5.74) is -1.15. The van der Waals surface area contributed by atoms with Gasteiger partial charge in [-0.05, 0) is 49.4 Å². The summed E-state index contributed by atoms with van der Waals surface area (Å²) in [6.45, 7) is 1.76. The number of anilines is 2. The maximum absolute atomic E-state index is 13.7. The van der Waals surface area contributed by atoms with Crippen molar-refractivity contribution in [2.45, 2.75) is 13.1 Å². The number of hydrogen-bond donors (Lipinski definition) is 2. The van der Waals surface area contributed by atoms with E-state index in [0.717, 1.165) is 12.1 Å². The number of hydrogen-bond acceptors (Lipinski definition) is 5. The SMILES string of the molecule is C/C=C/c1cc(C(=O)Nc2ccc(NC(=O)c3ccco3)cc2C(F)(F)F)cc(OC)c1OC. The summed E-state index contributed by atoms with van der Waals surface area (Å²) in [6, 6.07) is 8.73. The fraction of sp³-hybridized carbons (Fsp3) is 0.167. The number of carbonyl (C=O) groups excluding carboxylic acids is 2. The van der Waals surface area contributed by atoms with Crippen LogP contribution in [0, 0.1) is 0 Å². The highest BCUT2D eigenvalue weighted by molar-refractivity contribution is 6.06. The van der Waals surface area contributed by atoms with Crippen LogP contribution in [0.3, 0.4) is 0 Å². The number of methoxy groups -OCH3 is 2. The molecule has 0 aliphatic carbocycles. The standard InChI is InChI=1S/C24H21F3N2O5/c1-4-6-14-11-15(12-20(32-2)21(14)33-3)22(30)29-18-9-8-16(13-17(18)24(25,26)27)28-23(31)19-7-5-10-34-19/h4-13H,1-3H3,(H,28,31)(H,29,30)/b6-4+. The van der Waals surface area contributed by atoms with Crippen LogP contribution in [-0.2, 0) is 6.18 Å². The van der Waals surface area contributed by atoms with E-state index >= 15 is 0 Å². The minimum atomic E-state index is -4.80. The third kappa shape index (κ3) is 5.40. The molecule has 0 radical (unpaired) electrons. The van der Waals surface area contributed by atoms with Crippen molar-refractivity contribution >= 4 is 29.3 Å². The van der Waals surface area contributed by atoms with Gasteiger partial charge in [-0.1, -0.05) is 12.2 Å². The minimum absolute atomic E-state index is 0.0590. The van der Waals surface area contributed by atoms with Crippen LogP contribution in [0.2, 0.25) is 0 Å². The molecule has 2 amide bonds. The number of benzene rings is 2. The highest BCUT2D eigenvalue weighted by atomic mass is 19.4. The molecular formula is C24H21F3N2O5. The van der Waals surface area contributed by atoms with Gasteiger partial charge in [0.1, 0.15) is 0 Å². The van der Waals surface area contributed by atoms with Crippen LogP contribution in [0.4, 0.5) is 24.5 Å². The highest BCUT2D eigenvalue weighted by Crippen LogP contribution is 2.38. The number of amides is 2. The van der Waals surface area contributed by atoms with E-state index in [-0.39, 0.29) is 22.8 Å². The summed E-state index contributed by atoms with van der Waals surface area (Å²) in [6.07, 6.45) is -0.140. The summed E-state index contributed by atoms with van der Waals surface area (Å²) < 4.78 is 56.7. The fourth-order valence-electron chi connectivity index (χ4n) is 3.19. The number of ether oxygens (including phenoxy) is 2. The molecule has 2 N–H and O–H groups in total. The Morgan fingerprint density at radius 1 is 1.00 bits per heavy atom. The number of nitrogens with one attached hydrogen (secondary N) is 2. The zero-order chi connectivity index (χ0) is 24.9. The topological polar surface area (TPSA) is 89.8 Å². The molecule has 0 spiro atoms. The molecule has 3 aromatic rings. The molecule has 3 rings (SSSR count). The molecule has 34 heavy (non-hydrogen) atoms. The van der Waals surface area contributed by atoms with Crippen molar-refractivity contribution in [3.63, 3.8) is 0 Å². The Bertz CT molecular complexity index is 1220. The maximum Gasteiger partial charge on any atom is 0.418 e. The number of halogens is 3. The van der Waals surface area contributed by atoms with Crippen LogP contribution in [0.5, 0.6) is 11.5 Å². The van der Waals surface area contributed by atoms with Crippen molar-refractivity contribution in [1.29, 1.82) is 0 Å². The summed E-state index contributed by atoms with van der Waals surface area (Å²) in [5, 5.41) is 4.62. The summed E-state index contributed by atoms with van der Waals surface area (Å²) >= 11 is 0. The lowest BCUT2D eigenvalue weighted by atomic mass is 10.1. The van der Waals surface area contributed by atoms with Gasteiger partial charge in [0.05, 0.1) is 31.7 Å². The second kappa shape index (κ2) is 10.2. The molecule has 0 fully saturated rings. The molecule has 0 aliphatic rings. The molecule has 1 heterocycles. The number of carbonyl (C=O) groups is 2. The van der Waals surface area contributed by atoms with Crippen LogP contribution in [0.25, 0.3) is 6.08 Å². The quantitative estimate of drug-likeness (QED) is 0.448. The van der Waals surface area contributed by atoms with Crippen LogP contribution < -0.4 is 20.1 Å². The number of rotatable bonds is 7. The second-order valence-corrected chi connectivity index (χ2v) is 6.94. The van der Waals surface area contributed by atoms with Gasteiger partial charge in [0.15, 0.2) is 17.3 Å². The zero-order valence-corrected chi connectivity index (χ0v) is 18.4. The largest absolute Gasteiger partial charge is 0.493 e. The Morgan fingerprint density at radius 2 is 1.76 bits per heavy atom. The van der Waals surface area contributed by atoms with Gasteiger partial charge in [-0.3, -0.25) is 9.59 Å². The molecule has 2 aromatic carbocycles. The van der Waals surface area contributed by atoms with Crippen LogP contribution in [0.15, 0.2) is 59.2 Å². The summed E-state index contributed by atoms with van der Waals surface area (Å²) in [5.74, 6) is -0.933. The lowest BCUT2D eigenvalue weighted by Gasteiger charge is -2.17. The van der Waals surface area contributed by atoms with Gasteiger partial charge < -0.3 is 24.5 Å². The van der Waals surface area contributed by atoms with Crippen molar-refractivity contribution in [1.82, 2.24) is 0 Å². The van der Waals surface area contributed by atoms with Crippen molar-refractivity contribution in [3.05, 3.63) is 77.3 Å². The van der Waals surface area contributed by atoms with Crippen molar-refractivity contribution < 1.29 is 36.7 Å². The molecule has 0 aliphatic heterocycles. The lowest BCUT2D eigenvalue weighted by molar-refractivity contribution is -0.136. The molecule has 0 saturated carbocycles. The highest BCUT2D eigenvalue weighted by Gasteiger charge is 2.34. The van der Waals surface area contributed by atoms with E-state index in [1.807, 2.05) is 0 Å². The van der Waals surface area contributed by atoms with E-state index in [9.17, 15) is 22.8 Å². The first kappa shape index (κ1) is 24.4. The molecule has 1 aromatic heterocycles. The van der Waals surface area contributed by atoms with Crippen LogP contribution in [0.1, 0.15) is 39.0 Å². The van der Waals surface area contributed by atoms with Gasteiger partial charge in [0, 0.05) is 16.8 Å². The van der Waals surface area contributed by atoms with E-state index in [1.54, 1.807) is 19.1 Å². The predicted octanol–water partition coefficient (Wildman–Crippen LogP) is 5.85. The smallest absolute Gasteiger partial charge is 0.418 e. The Balaban J connectivity index is 1.93. The normalized spacial score (nSPS) is 11.4. The van der Waals surface area contributed by atoms with Gasteiger partial charge in [0.25, 0.3) is 11.8 Å². The Morgan fingerprint density at radius 3 is 2.35 bits per heavy atom. The van der Waals surface area contributed by atoms with Crippen molar-refractivity contribution in [3.8, 4) is 11.5 Å². The molecule has 178 valence electrons. The number of allylic oxidation sites excluding steroid dienone is 1. The third-order valence-electron chi connectivity index (χ3n) is 4.69. The number of furan rings is 1. The van der Waals surface area contributed by atoms with Gasteiger partial charge in [-0.25, -0.2) is 0 Å². The summed E-state index contributed by atoms with van der Waals surface area (Å²) in [7, 11) is 2.82. The van der Waals surface area contributed by atoms with Crippen molar-refractivity contribution in [2.75, 3.05) is 24.9 Å². The first-order valence-corrected chi connectivity index (χ1v) is 9.94. The maximum atomic E-state index is 13.7. The van der Waals surface area contributed by atoms with E-state index < -0.39 is 29.2 Å². The average molecular weight is 474 g/mol. The number of alkyl halides is 3. The molecule has 0 unspecified atom stereocenters. The second-order valence-electron chi connectivity index (χ2n) is 6.94. The van der Waals surface area contributed by atoms with E-state index in [1.165, 1.54) is 50.8 Å². The molecule has 0 atom stereocenters. The molecular weight excluding hydrogens is 453 g/mol. The Hall–Kier alpha value is -4.21. The molecule has 0 bridgehead atoms. The summed E-state index contributed by atoms with van der Waals surface area (Å²) in [4.78, 5) is 25.0. The van der Waals surface area contributed by atoms with Crippen LogP contribution >= 0.6 is 0 Å². The molecule has 0 saturated heterocycles. The minimum Gasteiger partial charge on any atom is -0.493 e. The monoisotopic (exact) mass is 474 g/mol. The molecule has 10 heteroatoms. The van der Waals surface area contributed by atoms with E-state index in [2.05, 4.69) is 10.6 Å². The predicted molar refractivity (Wildman–Crippen MR) is 120 cm³/mol. The first-order chi connectivity index (χ1) is 16.2. The lowest BCUT2D eigenvalue weighted by Crippen LogP contribution is -2.18. The Labute approximate surface area is 193 Å². The van der Waals surface area contributed by atoms with Gasteiger partial charge in [-0.15, -0.1) is 0 Å². The van der Waals surface area contributed by atoms with Gasteiger partial charge in [0.2, 0.25) is 0 Å². The third-order valence-corrected chi connectivity index (χ3v) is 4.69. The molecule has 7 nitrogen and oxygen atoms in total. The Kier molecular flexibility index (Phi) is 7.30. The average Bonchev–Trinajstić information content (AvgIpc) is 3.34. The van der Waals surface area contributed by atoms with Gasteiger partial charge >= 0.3 is 6.18 Å².